The van der Waals surface area contributed by atoms with Crippen molar-refractivity contribution in [2.24, 2.45) is 0 Å². The van der Waals surface area contributed by atoms with Crippen molar-refractivity contribution in [3.63, 3.8) is 0 Å². The number of hydrogen-bond acceptors (Lipinski definition) is 8. The van der Waals surface area contributed by atoms with Crippen molar-refractivity contribution < 1.29 is 14.3 Å². The first-order valence-electron chi connectivity index (χ1n) is 12.0. The van der Waals surface area contributed by atoms with Gasteiger partial charge in [0.05, 0.1) is 27.5 Å². The molecule has 4 aromatic rings. The maximum Gasteiger partial charge on any atom is 0.410 e. The molecule has 2 aliphatic heterocycles. The molecule has 5 heterocycles. The number of ether oxygens (including phenoxy) is 2. The number of carbonyl (C=O) groups excluding carboxylic acids is 1. The molecule has 3 aromatic heterocycles. The number of imidazole rings is 1. The number of aromatic nitrogens is 5. The zero-order chi connectivity index (χ0) is 26.1. The molecule has 37 heavy (non-hydrogen) atoms. The van der Waals surface area contributed by atoms with Gasteiger partial charge in [-0.05, 0) is 39.3 Å². The number of fused-ring (bicyclic) bond motifs is 3. The van der Waals surface area contributed by atoms with Gasteiger partial charge in [0.1, 0.15) is 24.4 Å². The molecule has 6 rings (SSSR count). The lowest BCUT2D eigenvalue weighted by molar-refractivity contribution is 0.0202. The second-order valence-corrected chi connectivity index (χ2v) is 10.7. The number of aromatic amines is 2. The number of nitrogens with one attached hydrogen (secondary N) is 2. The summed E-state index contributed by atoms with van der Waals surface area (Å²) in [6.07, 6.45) is 2.87. The summed E-state index contributed by atoms with van der Waals surface area (Å²) in [7, 11) is 0. The van der Waals surface area contributed by atoms with E-state index in [9.17, 15) is 9.59 Å². The van der Waals surface area contributed by atoms with Gasteiger partial charge >= 0.3 is 11.8 Å². The predicted molar refractivity (Wildman–Crippen MR) is 139 cm³/mol. The zero-order valence-corrected chi connectivity index (χ0v) is 21.6. The molecule has 11 nitrogen and oxygen atoms in total. The van der Waals surface area contributed by atoms with E-state index in [1.165, 1.54) is 6.33 Å². The number of rotatable bonds is 1. The number of anilines is 1. The normalized spacial score (nSPS) is 17.5. The standard InChI is InChI=1S/C25H26ClN7O4/c1-12-8-27-21-19(30-23(34)31-21)16(12)14-7-15-17-20(18(14)26)36-10-13-9-32(24(35)37-25(2,3)4)5-6-33(13)22(17)29-11-28-15/h7-8,11,13H,5-6,9-10H2,1-4H3,(H2,27,30,31,34)/t13-/m0/s1. The Balaban J connectivity index is 1.45. The summed E-state index contributed by atoms with van der Waals surface area (Å²) in [5.41, 5.74) is 2.99. The van der Waals surface area contributed by atoms with Crippen molar-refractivity contribution in [3.8, 4) is 16.9 Å². The number of amides is 1. The third-order valence-corrected chi connectivity index (χ3v) is 7.01. The molecule has 0 unspecified atom stereocenters. The number of pyridine rings is 1. The van der Waals surface area contributed by atoms with Crippen LogP contribution in [-0.4, -0.2) is 73.8 Å². The Labute approximate surface area is 216 Å². The average molecular weight is 524 g/mol. The SMILES string of the molecule is Cc1cnc2[nH]c(=O)[nH]c2c1-c1cc2ncnc3c2c(c1Cl)OC[C@@H]1CN(C(=O)OC(C)(C)C)CCN31. The van der Waals surface area contributed by atoms with Crippen LogP contribution in [0.5, 0.6) is 5.75 Å². The van der Waals surface area contributed by atoms with E-state index in [2.05, 4.69) is 29.8 Å². The molecule has 0 spiro atoms. The summed E-state index contributed by atoms with van der Waals surface area (Å²) >= 11 is 7.02. The van der Waals surface area contributed by atoms with Crippen molar-refractivity contribution in [1.29, 1.82) is 0 Å². The highest BCUT2D eigenvalue weighted by molar-refractivity contribution is 6.37. The Morgan fingerprint density at radius 3 is 2.81 bits per heavy atom. The number of carbonyl (C=O) groups is 1. The lowest BCUT2D eigenvalue weighted by atomic mass is 9.99. The highest BCUT2D eigenvalue weighted by atomic mass is 35.5. The van der Waals surface area contributed by atoms with E-state index in [0.717, 1.165) is 16.5 Å². The predicted octanol–water partition coefficient (Wildman–Crippen LogP) is 3.64. The smallest absolute Gasteiger partial charge is 0.410 e. The lowest BCUT2D eigenvalue weighted by Gasteiger charge is -2.41. The van der Waals surface area contributed by atoms with Crippen LogP contribution in [0, 0.1) is 6.92 Å². The van der Waals surface area contributed by atoms with Crippen LogP contribution in [0.4, 0.5) is 10.6 Å². The van der Waals surface area contributed by atoms with Crippen LogP contribution >= 0.6 is 11.6 Å². The van der Waals surface area contributed by atoms with Gasteiger partial charge in [-0.2, -0.15) is 0 Å². The Morgan fingerprint density at radius 2 is 2.03 bits per heavy atom. The van der Waals surface area contributed by atoms with Gasteiger partial charge in [-0.15, -0.1) is 0 Å². The number of H-pyrrole nitrogens is 2. The minimum absolute atomic E-state index is 0.151. The molecule has 192 valence electrons. The number of piperazine rings is 1. The summed E-state index contributed by atoms with van der Waals surface area (Å²) in [4.78, 5) is 47.6. The molecule has 12 heteroatoms. The van der Waals surface area contributed by atoms with Crippen LogP contribution in [0.25, 0.3) is 33.2 Å². The van der Waals surface area contributed by atoms with E-state index in [0.29, 0.717) is 65.1 Å². The summed E-state index contributed by atoms with van der Waals surface area (Å²) in [6, 6.07) is 1.74. The second kappa shape index (κ2) is 8.34. The number of nitrogens with zero attached hydrogens (tertiary/aromatic N) is 5. The number of benzene rings is 1. The Morgan fingerprint density at radius 1 is 1.22 bits per heavy atom. The van der Waals surface area contributed by atoms with E-state index in [1.54, 1.807) is 11.1 Å². The molecule has 1 atom stereocenters. The third-order valence-electron chi connectivity index (χ3n) is 6.64. The van der Waals surface area contributed by atoms with Gasteiger partial charge in [-0.1, -0.05) is 11.6 Å². The number of hydrogen-bond donors (Lipinski definition) is 2. The van der Waals surface area contributed by atoms with Crippen LogP contribution in [0.1, 0.15) is 26.3 Å². The first-order valence-corrected chi connectivity index (χ1v) is 12.4. The van der Waals surface area contributed by atoms with Crippen molar-refractivity contribution in [2.45, 2.75) is 39.3 Å². The first-order chi connectivity index (χ1) is 17.6. The summed E-state index contributed by atoms with van der Waals surface area (Å²) < 4.78 is 11.9. The van der Waals surface area contributed by atoms with Crippen molar-refractivity contribution in [1.82, 2.24) is 29.8 Å². The highest BCUT2D eigenvalue weighted by Crippen LogP contribution is 2.47. The molecule has 1 saturated heterocycles. The Hall–Kier alpha value is -3.86. The second-order valence-electron chi connectivity index (χ2n) is 10.4. The Kier molecular flexibility index (Phi) is 5.30. The van der Waals surface area contributed by atoms with Gasteiger partial charge in [0, 0.05) is 37.0 Å². The van der Waals surface area contributed by atoms with Gasteiger partial charge in [0.15, 0.2) is 11.4 Å². The molecule has 1 aromatic carbocycles. The molecular formula is C25H26ClN7O4. The van der Waals surface area contributed by atoms with Gasteiger partial charge in [-0.3, -0.25) is 4.98 Å². The first kappa shape index (κ1) is 23.5. The fraction of sp³-hybridized carbons (Fsp3) is 0.400. The molecular weight excluding hydrogens is 498 g/mol. The van der Waals surface area contributed by atoms with Crippen molar-refractivity contribution in [2.75, 3.05) is 31.1 Å². The highest BCUT2D eigenvalue weighted by Gasteiger charge is 2.37. The summed E-state index contributed by atoms with van der Waals surface area (Å²) in [5.74, 6) is 1.19. The monoisotopic (exact) mass is 523 g/mol. The minimum atomic E-state index is -0.576. The lowest BCUT2D eigenvalue weighted by Crippen LogP contribution is -2.57. The molecule has 2 N–H and O–H groups in total. The molecule has 0 saturated carbocycles. The molecule has 0 aliphatic carbocycles. The fourth-order valence-electron chi connectivity index (χ4n) is 5.05. The van der Waals surface area contributed by atoms with Gasteiger partial charge in [0.2, 0.25) is 0 Å². The molecule has 0 radical (unpaired) electrons. The molecule has 1 amide bonds. The van der Waals surface area contributed by atoms with Gasteiger partial charge in [-0.25, -0.2) is 24.5 Å². The molecule has 1 fully saturated rings. The largest absolute Gasteiger partial charge is 0.489 e. The van der Waals surface area contributed by atoms with E-state index in [-0.39, 0.29) is 17.8 Å². The molecule has 0 bridgehead atoms. The summed E-state index contributed by atoms with van der Waals surface area (Å²) in [5, 5.41) is 1.11. The fourth-order valence-corrected chi connectivity index (χ4v) is 5.35. The van der Waals surface area contributed by atoms with Crippen molar-refractivity contribution in [3.05, 3.63) is 39.7 Å². The maximum absolute atomic E-state index is 12.7. The van der Waals surface area contributed by atoms with Crippen LogP contribution in [0.3, 0.4) is 0 Å². The quantitative estimate of drug-likeness (QED) is 0.387. The topological polar surface area (TPSA) is 129 Å². The molecule has 2 aliphatic rings. The average Bonchev–Trinajstić information content (AvgIpc) is 3.13. The number of aryl methyl sites for hydroxylation is 1. The number of halogens is 1. The van der Waals surface area contributed by atoms with Gasteiger partial charge < -0.3 is 24.3 Å². The van der Waals surface area contributed by atoms with E-state index in [4.69, 9.17) is 21.1 Å². The van der Waals surface area contributed by atoms with Crippen LogP contribution in [-0.2, 0) is 4.74 Å². The van der Waals surface area contributed by atoms with Crippen LogP contribution in [0.2, 0.25) is 5.02 Å². The third kappa shape index (κ3) is 3.93. The van der Waals surface area contributed by atoms with Gasteiger partial charge in [0.25, 0.3) is 0 Å². The van der Waals surface area contributed by atoms with Crippen LogP contribution < -0.4 is 15.3 Å². The maximum atomic E-state index is 12.7. The van der Waals surface area contributed by atoms with Crippen molar-refractivity contribution >= 4 is 45.6 Å². The minimum Gasteiger partial charge on any atom is -0.489 e. The van der Waals surface area contributed by atoms with Crippen LogP contribution in [0.15, 0.2) is 23.4 Å². The Bertz CT molecular complexity index is 1620. The zero-order valence-electron chi connectivity index (χ0n) is 20.9. The van der Waals surface area contributed by atoms with E-state index >= 15 is 0 Å². The van der Waals surface area contributed by atoms with E-state index < -0.39 is 5.60 Å². The van der Waals surface area contributed by atoms with E-state index in [1.807, 2.05) is 33.8 Å². The summed E-state index contributed by atoms with van der Waals surface area (Å²) in [6.45, 7) is 9.23.